The van der Waals surface area contributed by atoms with Crippen molar-refractivity contribution in [2.24, 2.45) is 5.73 Å². The first kappa shape index (κ1) is 18.2. The van der Waals surface area contributed by atoms with Crippen LogP contribution >= 0.6 is 23.2 Å². The molecule has 0 bridgehead atoms. The summed E-state index contributed by atoms with van der Waals surface area (Å²) in [6.07, 6.45) is 2.98. The van der Waals surface area contributed by atoms with Crippen LogP contribution in [0, 0.1) is 0 Å². The number of nitrogens with zero attached hydrogens (tertiary/aromatic N) is 2. The lowest BCUT2D eigenvalue weighted by Crippen LogP contribution is -2.22. The van der Waals surface area contributed by atoms with Crippen LogP contribution in [-0.4, -0.2) is 15.0 Å². The van der Waals surface area contributed by atoms with Gasteiger partial charge in [-0.05, 0) is 17.7 Å². The van der Waals surface area contributed by atoms with E-state index in [1.807, 2.05) is 6.07 Å². The molecule has 0 amide bonds. The van der Waals surface area contributed by atoms with Gasteiger partial charge in [0, 0.05) is 13.1 Å². The summed E-state index contributed by atoms with van der Waals surface area (Å²) in [7, 11) is 0. The maximum absolute atomic E-state index is 12.3. The standard InChI is InChI=1S/C16H16Cl2N6O2/c17-10-2-1-9(5-11(10)18)7-22-16-23-12(6-19)14(15(25)24-16)21-8-13-20-3-4-26-13/h1-5,21H,6-8,19H2,(H2,22,23,24,25). The van der Waals surface area contributed by atoms with Crippen molar-refractivity contribution in [3.05, 3.63) is 68.2 Å². The van der Waals surface area contributed by atoms with Crippen molar-refractivity contribution in [2.75, 3.05) is 10.6 Å². The van der Waals surface area contributed by atoms with Gasteiger partial charge in [-0.2, -0.15) is 0 Å². The average molecular weight is 395 g/mol. The van der Waals surface area contributed by atoms with Crippen LogP contribution in [0.4, 0.5) is 11.6 Å². The molecule has 1 aromatic carbocycles. The monoisotopic (exact) mass is 394 g/mol. The lowest BCUT2D eigenvalue weighted by molar-refractivity contribution is 0.503. The molecule has 2 aromatic heterocycles. The minimum Gasteiger partial charge on any atom is -0.447 e. The van der Waals surface area contributed by atoms with E-state index < -0.39 is 0 Å². The van der Waals surface area contributed by atoms with Gasteiger partial charge >= 0.3 is 0 Å². The minimum absolute atomic E-state index is 0.0965. The molecule has 0 spiro atoms. The van der Waals surface area contributed by atoms with Gasteiger partial charge in [0.2, 0.25) is 11.8 Å². The Kier molecular flexibility index (Phi) is 5.77. The SMILES string of the molecule is NCc1nc(NCc2ccc(Cl)c(Cl)c2)[nH]c(=O)c1NCc1ncco1. The fourth-order valence-electron chi connectivity index (χ4n) is 2.27. The Morgan fingerprint density at radius 3 is 2.73 bits per heavy atom. The normalized spacial score (nSPS) is 10.7. The highest BCUT2D eigenvalue weighted by molar-refractivity contribution is 6.42. The number of anilines is 2. The predicted molar refractivity (Wildman–Crippen MR) is 100 cm³/mol. The van der Waals surface area contributed by atoms with E-state index in [0.717, 1.165) is 5.56 Å². The summed E-state index contributed by atoms with van der Waals surface area (Å²) in [5.74, 6) is 0.761. The van der Waals surface area contributed by atoms with Gasteiger partial charge in [-0.1, -0.05) is 29.3 Å². The molecule has 0 saturated heterocycles. The third kappa shape index (κ3) is 4.34. The summed E-state index contributed by atoms with van der Waals surface area (Å²) in [5.41, 5.74) is 6.99. The highest BCUT2D eigenvalue weighted by Gasteiger charge is 2.11. The smallest absolute Gasteiger partial charge is 0.275 e. The summed E-state index contributed by atoms with van der Waals surface area (Å²) in [4.78, 5) is 23.3. The third-order valence-electron chi connectivity index (χ3n) is 3.53. The lowest BCUT2D eigenvalue weighted by atomic mass is 10.2. The van der Waals surface area contributed by atoms with E-state index in [4.69, 9.17) is 33.4 Å². The van der Waals surface area contributed by atoms with Gasteiger partial charge in [0.05, 0.1) is 28.5 Å². The van der Waals surface area contributed by atoms with E-state index in [2.05, 4.69) is 25.6 Å². The molecule has 0 saturated carbocycles. The Balaban J connectivity index is 1.73. The van der Waals surface area contributed by atoms with Crippen molar-refractivity contribution >= 4 is 34.8 Å². The molecule has 0 aliphatic heterocycles. The number of nitrogens with one attached hydrogen (secondary N) is 3. The maximum Gasteiger partial charge on any atom is 0.275 e. The number of rotatable bonds is 7. The number of aromatic amines is 1. The Hall–Kier alpha value is -2.55. The Bertz CT molecular complexity index is 942. The zero-order chi connectivity index (χ0) is 18.5. The van der Waals surface area contributed by atoms with Crippen molar-refractivity contribution in [1.82, 2.24) is 15.0 Å². The fourth-order valence-corrected chi connectivity index (χ4v) is 2.59. The molecule has 10 heteroatoms. The Morgan fingerprint density at radius 1 is 1.19 bits per heavy atom. The van der Waals surface area contributed by atoms with Crippen LogP contribution in [0.2, 0.25) is 10.0 Å². The Morgan fingerprint density at radius 2 is 2.04 bits per heavy atom. The molecule has 0 unspecified atom stereocenters. The average Bonchev–Trinajstić information content (AvgIpc) is 3.15. The highest BCUT2D eigenvalue weighted by atomic mass is 35.5. The molecule has 5 N–H and O–H groups in total. The van der Waals surface area contributed by atoms with Crippen LogP contribution in [0.3, 0.4) is 0 Å². The molecular formula is C16H16Cl2N6O2. The largest absolute Gasteiger partial charge is 0.447 e. The van der Waals surface area contributed by atoms with Crippen LogP contribution in [0.15, 0.2) is 39.9 Å². The number of hydrogen-bond donors (Lipinski definition) is 4. The summed E-state index contributed by atoms with van der Waals surface area (Å²) in [5, 5.41) is 6.92. The van der Waals surface area contributed by atoms with Gasteiger partial charge < -0.3 is 20.8 Å². The first-order valence-corrected chi connectivity index (χ1v) is 8.45. The van der Waals surface area contributed by atoms with Crippen molar-refractivity contribution in [3.63, 3.8) is 0 Å². The number of H-pyrrole nitrogens is 1. The second kappa shape index (κ2) is 8.22. The molecule has 26 heavy (non-hydrogen) atoms. The van der Waals surface area contributed by atoms with Crippen molar-refractivity contribution in [3.8, 4) is 0 Å². The molecule has 136 valence electrons. The van der Waals surface area contributed by atoms with E-state index in [1.165, 1.54) is 12.5 Å². The number of oxazole rings is 1. The van der Waals surface area contributed by atoms with E-state index in [-0.39, 0.29) is 24.3 Å². The summed E-state index contributed by atoms with van der Waals surface area (Å²) < 4.78 is 5.13. The first-order chi connectivity index (χ1) is 12.6. The summed E-state index contributed by atoms with van der Waals surface area (Å²) in [6.45, 7) is 0.757. The predicted octanol–water partition coefficient (Wildman–Crippen LogP) is 2.75. The molecule has 0 atom stereocenters. The zero-order valence-corrected chi connectivity index (χ0v) is 15.1. The second-order valence-corrected chi connectivity index (χ2v) is 6.14. The van der Waals surface area contributed by atoms with Gasteiger partial charge in [0.1, 0.15) is 12.0 Å². The molecule has 0 aliphatic rings. The highest BCUT2D eigenvalue weighted by Crippen LogP contribution is 2.22. The molecule has 8 nitrogen and oxygen atoms in total. The fraction of sp³-hybridized carbons (Fsp3) is 0.188. The molecule has 0 aliphatic carbocycles. The van der Waals surface area contributed by atoms with Crippen molar-refractivity contribution < 1.29 is 4.42 Å². The summed E-state index contributed by atoms with van der Waals surface area (Å²) in [6, 6.07) is 5.28. The third-order valence-corrected chi connectivity index (χ3v) is 4.27. The van der Waals surface area contributed by atoms with Gasteiger partial charge in [0.25, 0.3) is 5.56 Å². The minimum atomic E-state index is -0.344. The van der Waals surface area contributed by atoms with E-state index >= 15 is 0 Å². The quantitative estimate of drug-likeness (QED) is 0.485. The molecule has 0 fully saturated rings. The van der Waals surface area contributed by atoms with Crippen LogP contribution in [0.5, 0.6) is 0 Å². The Labute approximate surface area is 158 Å². The molecule has 2 heterocycles. The van der Waals surface area contributed by atoms with Gasteiger partial charge in [-0.3, -0.25) is 9.78 Å². The van der Waals surface area contributed by atoms with Gasteiger partial charge in [-0.25, -0.2) is 9.97 Å². The summed E-state index contributed by atoms with van der Waals surface area (Å²) >= 11 is 11.9. The molecule has 3 rings (SSSR count). The van der Waals surface area contributed by atoms with Crippen LogP contribution in [0.25, 0.3) is 0 Å². The van der Waals surface area contributed by atoms with E-state index in [1.54, 1.807) is 12.1 Å². The molecule has 3 aromatic rings. The van der Waals surface area contributed by atoms with Gasteiger partial charge in [-0.15, -0.1) is 0 Å². The number of hydrogen-bond acceptors (Lipinski definition) is 7. The van der Waals surface area contributed by atoms with Crippen LogP contribution < -0.4 is 21.9 Å². The van der Waals surface area contributed by atoms with Crippen LogP contribution in [-0.2, 0) is 19.6 Å². The second-order valence-electron chi connectivity index (χ2n) is 5.32. The van der Waals surface area contributed by atoms with Crippen molar-refractivity contribution in [1.29, 1.82) is 0 Å². The number of halogens is 2. The number of benzene rings is 1. The maximum atomic E-state index is 12.3. The molecule has 0 radical (unpaired) electrons. The topological polar surface area (TPSA) is 122 Å². The van der Waals surface area contributed by atoms with Gasteiger partial charge in [0.15, 0.2) is 0 Å². The van der Waals surface area contributed by atoms with Crippen LogP contribution in [0.1, 0.15) is 17.1 Å². The lowest BCUT2D eigenvalue weighted by Gasteiger charge is -2.11. The van der Waals surface area contributed by atoms with E-state index in [9.17, 15) is 4.79 Å². The number of nitrogens with two attached hydrogens (primary N) is 1. The first-order valence-electron chi connectivity index (χ1n) is 7.70. The molecular weight excluding hydrogens is 379 g/mol. The van der Waals surface area contributed by atoms with Crippen molar-refractivity contribution in [2.45, 2.75) is 19.6 Å². The van der Waals surface area contributed by atoms with E-state index in [0.29, 0.717) is 34.1 Å². The zero-order valence-electron chi connectivity index (χ0n) is 13.6. The number of aromatic nitrogens is 3.